The molecular formula is C16H26N3O. The van der Waals surface area contributed by atoms with Crippen molar-refractivity contribution in [1.82, 2.24) is 9.88 Å². The molecule has 1 N–H and O–H groups in total. The maximum Gasteiger partial charge on any atom is 0.271 e. The van der Waals surface area contributed by atoms with E-state index >= 15 is 0 Å². The third kappa shape index (κ3) is 3.06. The van der Waals surface area contributed by atoms with Crippen molar-refractivity contribution in [1.29, 1.82) is 0 Å². The van der Waals surface area contributed by atoms with Crippen LogP contribution in [0.2, 0.25) is 0 Å². The first-order valence-corrected chi connectivity index (χ1v) is 7.33. The molecular weight excluding hydrogens is 250 g/mol. The van der Waals surface area contributed by atoms with E-state index in [0.717, 1.165) is 36.2 Å². The quantitative estimate of drug-likeness (QED) is 0.919. The molecule has 4 heteroatoms. The lowest BCUT2D eigenvalue weighted by molar-refractivity contribution is 0.266. The summed E-state index contributed by atoms with van der Waals surface area (Å²) in [4.78, 5) is 19.5. The van der Waals surface area contributed by atoms with Crippen molar-refractivity contribution in [3.05, 3.63) is 34.1 Å². The van der Waals surface area contributed by atoms with Crippen LogP contribution in [-0.4, -0.2) is 43.1 Å². The van der Waals surface area contributed by atoms with Crippen molar-refractivity contribution >= 4 is 5.69 Å². The molecule has 1 aliphatic carbocycles. The molecule has 1 radical (unpaired) electrons. The summed E-state index contributed by atoms with van der Waals surface area (Å²) in [6, 6.07) is 3.04. The molecule has 0 bridgehead atoms. The minimum Gasteiger partial charge on any atom is -0.367 e. The van der Waals surface area contributed by atoms with Crippen LogP contribution in [-0.2, 0) is 0 Å². The molecule has 0 spiro atoms. The molecule has 0 aromatic carbocycles. The molecule has 1 saturated carbocycles. The van der Waals surface area contributed by atoms with Gasteiger partial charge in [0.05, 0.1) is 0 Å². The Hall–Kier alpha value is -1.29. The number of aryl methyl sites for hydroxylation is 2. The van der Waals surface area contributed by atoms with E-state index in [-0.39, 0.29) is 5.56 Å². The van der Waals surface area contributed by atoms with E-state index in [0.29, 0.717) is 12.1 Å². The largest absolute Gasteiger partial charge is 0.367 e. The van der Waals surface area contributed by atoms with Crippen LogP contribution in [0.4, 0.5) is 5.69 Å². The first kappa shape index (κ1) is 15.1. The van der Waals surface area contributed by atoms with Crippen LogP contribution in [0.25, 0.3) is 0 Å². The van der Waals surface area contributed by atoms with Gasteiger partial charge in [0.1, 0.15) is 5.69 Å². The van der Waals surface area contributed by atoms with Crippen molar-refractivity contribution < 1.29 is 0 Å². The van der Waals surface area contributed by atoms with E-state index < -0.39 is 0 Å². The molecule has 0 saturated heterocycles. The zero-order valence-electron chi connectivity index (χ0n) is 13.2. The standard InChI is InChI=1S/C16H26N3O/c1-11-10-12(2)17-16(20)15(11)19(5)14-8-6-13(7-9-14)18(3)4/h6,10,13-14H,7-9H2,1-5H3,(H,17,20)/t13-,14-/m1/s1. The normalized spacial score (nSPS) is 23.1. The molecule has 0 aliphatic heterocycles. The number of H-pyrrole nitrogens is 1. The zero-order valence-corrected chi connectivity index (χ0v) is 13.2. The van der Waals surface area contributed by atoms with Gasteiger partial charge in [0.2, 0.25) is 0 Å². The van der Waals surface area contributed by atoms with Crippen LogP contribution >= 0.6 is 0 Å². The number of rotatable bonds is 3. The van der Waals surface area contributed by atoms with Gasteiger partial charge in [-0.15, -0.1) is 0 Å². The summed E-state index contributed by atoms with van der Waals surface area (Å²) in [5.41, 5.74) is 2.83. The monoisotopic (exact) mass is 276 g/mol. The highest BCUT2D eigenvalue weighted by molar-refractivity contribution is 5.52. The van der Waals surface area contributed by atoms with Gasteiger partial charge in [-0.1, -0.05) is 0 Å². The summed E-state index contributed by atoms with van der Waals surface area (Å²) < 4.78 is 0. The molecule has 0 amide bonds. The number of anilines is 1. The number of hydrogen-bond acceptors (Lipinski definition) is 3. The summed E-state index contributed by atoms with van der Waals surface area (Å²) in [6.45, 7) is 3.94. The molecule has 2 atom stereocenters. The number of aromatic nitrogens is 1. The third-order valence-electron chi connectivity index (χ3n) is 4.37. The van der Waals surface area contributed by atoms with Crippen LogP contribution in [0.1, 0.15) is 30.5 Å². The summed E-state index contributed by atoms with van der Waals surface area (Å²) in [6.07, 6.45) is 5.70. The zero-order chi connectivity index (χ0) is 14.9. The van der Waals surface area contributed by atoms with Crippen molar-refractivity contribution in [3.63, 3.8) is 0 Å². The fourth-order valence-electron chi connectivity index (χ4n) is 3.20. The lowest BCUT2D eigenvalue weighted by atomic mass is 9.89. The van der Waals surface area contributed by atoms with Crippen LogP contribution in [0, 0.1) is 20.3 Å². The SMILES string of the molecule is Cc1cc(C)c(N(C)[C@@H]2C[CH][C@@H](N(C)C)CC2)c(=O)[nH]1. The molecule has 1 aliphatic rings. The Labute approximate surface area is 121 Å². The summed E-state index contributed by atoms with van der Waals surface area (Å²) in [5, 5.41) is 0. The van der Waals surface area contributed by atoms with E-state index in [1.165, 1.54) is 0 Å². The molecule has 4 nitrogen and oxygen atoms in total. The average Bonchev–Trinajstić information content (AvgIpc) is 2.37. The van der Waals surface area contributed by atoms with Crippen LogP contribution in [0.5, 0.6) is 0 Å². The van der Waals surface area contributed by atoms with Gasteiger partial charge in [0.25, 0.3) is 5.56 Å². The van der Waals surface area contributed by atoms with Crippen molar-refractivity contribution in [2.45, 2.75) is 45.2 Å². The van der Waals surface area contributed by atoms with E-state index in [9.17, 15) is 4.79 Å². The second kappa shape index (κ2) is 6.00. The molecule has 1 heterocycles. The van der Waals surface area contributed by atoms with Crippen LogP contribution in [0.15, 0.2) is 10.9 Å². The Kier molecular flexibility index (Phi) is 4.53. The number of aromatic amines is 1. The highest BCUT2D eigenvalue weighted by Crippen LogP contribution is 2.27. The molecule has 1 fully saturated rings. The molecule has 111 valence electrons. The summed E-state index contributed by atoms with van der Waals surface area (Å²) >= 11 is 0. The van der Waals surface area contributed by atoms with Crippen molar-refractivity contribution in [3.8, 4) is 0 Å². The maximum atomic E-state index is 12.2. The van der Waals surface area contributed by atoms with E-state index in [1.807, 2.05) is 27.0 Å². The van der Waals surface area contributed by atoms with Gasteiger partial charge in [-0.2, -0.15) is 0 Å². The highest BCUT2D eigenvalue weighted by atomic mass is 16.1. The Balaban J connectivity index is 2.13. The molecule has 20 heavy (non-hydrogen) atoms. The van der Waals surface area contributed by atoms with Gasteiger partial charge in [-0.25, -0.2) is 0 Å². The Morgan fingerprint density at radius 3 is 2.40 bits per heavy atom. The fraction of sp³-hybridized carbons (Fsp3) is 0.625. The van der Waals surface area contributed by atoms with Gasteiger partial charge < -0.3 is 14.8 Å². The van der Waals surface area contributed by atoms with E-state index in [1.54, 1.807) is 0 Å². The first-order valence-electron chi connectivity index (χ1n) is 7.33. The van der Waals surface area contributed by atoms with Crippen molar-refractivity contribution in [2.24, 2.45) is 0 Å². The van der Waals surface area contributed by atoms with E-state index in [2.05, 4.69) is 35.3 Å². The number of pyridine rings is 1. The molecule has 1 aromatic heterocycles. The Bertz CT molecular complexity index is 513. The molecule has 0 unspecified atom stereocenters. The molecule has 1 aromatic rings. The van der Waals surface area contributed by atoms with E-state index in [4.69, 9.17) is 0 Å². The summed E-state index contributed by atoms with van der Waals surface area (Å²) in [5.74, 6) is 0. The average molecular weight is 276 g/mol. The Morgan fingerprint density at radius 2 is 1.90 bits per heavy atom. The van der Waals surface area contributed by atoms with Crippen molar-refractivity contribution in [2.75, 3.05) is 26.0 Å². The number of hydrogen-bond donors (Lipinski definition) is 1. The van der Waals surface area contributed by atoms with Crippen LogP contribution < -0.4 is 10.5 Å². The highest BCUT2D eigenvalue weighted by Gasteiger charge is 2.27. The Morgan fingerprint density at radius 1 is 1.20 bits per heavy atom. The molecule has 2 rings (SSSR count). The fourth-order valence-corrected chi connectivity index (χ4v) is 3.20. The number of nitrogens with one attached hydrogen (secondary N) is 1. The predicted octanol–water partition coefficient (Wildman–Crippen LogP) is 2.11. The minimum absolute atomic E-state index is 0.0275. The van der Waals surface area contributed by atoms with Gasteiger partial charge in [-0.3, -0.25) is 4.79 Å². The first-order chi connectivity index (χ1) is 9.40. The maximum absolute atomic E-state index is 12.2. The van der Waals surface area contributed by atoms with Gasteiger partial charge >= 0.3 is 0 Å². The third-order valence-corrected chi connectivity index (χ3v) is 4.37. The predicted molar refractivity (Wildman–Crippen MR) is 84.4 cm³/mol. The summed E-state index contributed by atoms with van der Waals surface area (Å²) in [7, 11) is 6.29. The second-order valence-electron chi connectivity index (χ2n) is 6.16. The lowest BCUT2D eigenvalue weighted by Gasteiger charge is -2.38. The minimum atomic E-state index is 0.0275. The number of nitrogens with zero attached hydrogens (tertiary/aromatic N) is 2. The van der Waals surface area contributed by atoms with Gasteiger partial charge in [0, 0.05) is 24.8 Å². The lowest BCUT2D eigenvalue weighted by Crippen LogP contribution is -2.42. The second-order valence-corrected chi connectivity index (χ2v) is 6.16. The smallest absolute Gasteiger partial charge is 0.271 e. The topological polar surface area (TPSA) is 39.3 Å². The van der Waals surface area contributed by atoms with Gasteiger partial charge in [0.15, 0.2) is 0 Å². The van der Waals surface area contributed by atoms with Gasteiger partial charge in [-0.05, 0) is 65.3 Å². The van der Waals surface area contributed by atoms with Crippen LogP contribution in [0.3, 0.4) is 0 Å².